The highest BCUT2D eigenvalue weighted by molar-refractivity contribution is 5.86. The molecule has 0 radical (unpaired) electrons. The average Bonchev–Trinajstić information content (AvgIpc) is 2.38. The van der Waals surface area contributed by atoms with Crippen LogP contribution < -0.4 is 0 Å². The van der Waals surface area contributed by atoms with Crippen molar-refractivity contribution in [2.24, 2.45) is 0 Å². The Hall–Kier alpha value is -2.29. The Morgan fingerprint density at radius 3 is 2.53 bits per heavy atom. The summed E-state index contributed by atoms with van der Waals surface area (Å²) < 4.78 is 0. The molecule has 0 saturated heterocycles. The number of hydrogen-bond donors (Lipinski definition) is 0. The third kappa shape index (κ3) is 1.87. The number of fused-ring (bicyclic) bond motifs is 1. The van der Waals surface area contributed by atoms with Gasteiger partial charge in [0, 0.05) is 5.56 Å². The molecular weight excluding hydrogens is 210 g/mol. The zero-order valence-electron chi connectivity index (χ0n) is 9.46. The summed E-state index contributed by atoms with van der Waals surface area (Å²) in [7, 11) is 0. The van der Waals surface area contributed by atoms with Crippen molar-refractivity contribution < 1.29 is 0 Å². The molecule has 0 atom stereocenters. The van der Waals surface area contributed by atoms with Gasteiger partial charge in [-0.25, -0.2) is 15.0 Å². The van der Waals surface area contributed by atoms with E-state index in [4.69, 9.17) is 0 Å². The molecule has 0 bridgehead atoms. The molecule has 0 N–H and O–H groups in total. The Kier molecular flexibility index (Phi) is 2.29. The van der Waals surface area contributed by atoms with Crippen molar-refractivity contribution in [3.8, 4) is 11.4 Å². The van der Waals surface area contributed by atoms with Crippen LogP contribution in [0.2, 0.25) is 0 Å². The topological polar surface area (TPSA) is 38.7 Å². The standard InChI is InChI=1S/C14H11N3/c1-10-15-9-16-14(17-10)13-7-6-11-4-2-3-5-12(11)8-13/h2-9H,1H3. The number of nitrogens with zero attached hydrogens (tertiary/aromatic N) is 3. The largest absolute Gasteiger partial charge is 0.222 e. The summed E-state index contributed by atoms with van der Waals surface area (Å²) in [4.78, 5) is 12.5. The van der Waals surface area contributed by atoms with Gasteiger partial charge in [0.05, 0.1) is 0 Å². The molecule has 0 saturated carbocycles. The van der Waals surface area contributed by atoms with Crippen molar-refractivity contribution in [1.82, 2.24) is 15.0 Å². The second-order valence-electron chi connectivity index (χ2n) is 3.92. The Morgan fingerprint density at radius 2 is 1.71 bits per heavy atom. The predicted molar refractivity (Wildman–Crippen MR) is 67.5 cm³/mol. The van der Waals surface area contributed by atoms with Gasteiger partial charge >= 0.3 is 0 Å². The van der Waals surface area contributed by atoms with Crippen LogP contribution in [0.1, 0.15) is 5.82 Å². The van der Waals surface area contributed by atoms with Crippen LogP contribution in [0.15, 0.2) is 48.8 Å². The van der Waals surface area contributed by atoms with Crippen molar-refractivity contribution in [2.45, 2.75) is 6.92 Å². The molecule has 2 aromatic carbocycles. The summed E-state index contributed by atoms with van der Waals surface area (Å²) in [6.07, 6.45) is 1.55. The van der Waals surface area contributed by atoms with Crippen LogP contribution in [0.3, 0.4) is 0 Å². The van der Waals surface area contributed by atoms with E-state index in [0.717, 1.165) is 17.2 Å². The Labute approximate surface area is 99.2 Å². The maximum Gasteiger partial charge on any atom is 0.162 e. The molecule has 0 unspecified atom stereocenters. The van der Waals surface area contributed by atoms with Gasteiger partial charge in [-0.2, -0.15) is 0 Å². The third-order valence-electron chi connectivity index (χ3n) is 2.70. The van der Waals surface area contributed by atoms with Crippen LogP contribution in [0.4, 0.5) is 0 Å². The number of rotatable bonds is 1. The summed E-state index contributed by atoms with van der Waals surface area (Å²) in [6.45, 7) is 1.87. The van der Waals surface area contributed by atoms with Crippen molar-refractivity contribution in [1.29, 1.82) is 0 Å². The lowest BCUT2D eigenvalue weighted by molar-refractivity contribution is 0.983. The normalized spacial score (nSPS) is 10.6. The van der Waals surface area contributed by atoms with Gasteiger partial charge in [-0.05, 0) is 23.8 Å². The van der Waals surface area contributed by atoms with Crippen LogP contribution in [0.25, 0.3) is 22.2 Å². The van der Waals surface area contributed by atoms with Gasteiger partial charge in [0.1, 0.15) is 12.2 Å². The molecule has 0 amide bonds. The first-order chi connectivity index (χ1) is 8.33. The molecule has 1 aromatic heterocycles. The molecule has 0 spiro atoms. The molecular formula is C14H11N3. The molecule has 1 heterocycles. The van der Waals surface area contributed by atoms with E-state index in [-0.39, 0.29) is 0 Å². The molecule has 0 aliphatic heterocycles. The minimum atomic E-state index is 0.725. The highest BCUT2D eigenvalue weighted by atomic mass is 15.0. The number of aryl methyl sites for hydroxylation is 1. The molecule has 0 aliphatic rings. The van der Waals surface area contributed by atoms with Crippen LogP contribution in [0.5, 0.6) is 0 Å². The molecule has 3 aromatic rings. The maximum absolute atomic E-state index is 4.33. The van der Waals surface area contributed by atoms with E-state index in [1.165, 1.54) is 10.8 Å². The van der Waals surface area contributed by atoms with Crippen molar-refractivity contribution in [3.63, 3.8) is 0 Å². The highest BCUT2D eigenvalue weighted by Crippen LogP contribution is 2.21. The van der Waals surface area contributed by atoms with Gasteiger partial charge in [0.25, 0.3) is 0 Å². The van der Waals surface area contributed by atoms with E-state index in [9.17, 15) is 0 Å². The van der Waals surface area contributed by atoms with Crippen molar-refractivity contribution in [2.75, 3.05) is 0 Å². The summed E-state index contributed by atoms with van der Waals surface area (Å²) in [6, 6.07) is 14.5. The molecule has 3 heteroatoms. The van der Waals surface area contributed by atoms with Gasteiger partial charge < -0.3 is 0 Å². The van der Waals surface area contributed by atoms with E-state index >= 15 is 0 Å². The van der Waals surface area contributed by atoms with E-state index in [0.29, 0.717) is 0 Å². The Bertz CT molecular complexity index is 677. The van der Waals surface area contributed by atoms with Gasteiger partial charge in [-0.1, -0.05) is 36.4 Å². The number of hydrogen-bond acceptors (Lipinski definition) is 3. The summed E-state index contributed by atoms with van der Waals surface area (Å²) >= 11 is 0. The van der Waals surface area contributed by atoms with E-state index < -0.39 is 0 Å². The minimum absolute atomic E-state index is 0.725. The summed E-state index contributed by atoms with van der Waals surface area (Å²) in [5.41, 5.74) is 1.02. The van der Waals surface area contributed by atoms with Crippen LogP contribution in [0, 0.1) is 6.92 Å². The first-order valence-electron chi connectivity index (χ1n) is 5.48. The molecule has 17 heavy (non-hydrogen) atoms. The van der Waals surface area contributed by atoms with E-state index in [1.807, 2.05) is 25.1 Å². The molecule has 3 nitrogen and oxygen atoms in total. The fourth-order valence-corrected chi connectivity index (χ4v) is 1.85. The maximum atomic E-state index is 4.33. The zero-order chi connectivity index (χ0) is 11.7. The van der Waals surface area contributed by atoms with Gasteiger partial charge in [-0.3, -0.25) is 0 Å². The lowest BCUT2D eigenvalue weighted by atomic mass is 10.1. The van der Waals surface area contributed by atoms with E-state index in [2.05, 4.69) is 39.2 Å². The number of aromatic nitrogens is 3. The third-order valence-corrected chi connectivity index (χ3v) is 2.70. The molecule has 82 valence electrons. The second kappa shape index (κ2) is 3.94. The summed E-state index contributed by atoms with van der Waals surface area (Å²) in [5.74, 6) is 1.46. The Morgan fingerprint density at radius 1 is 0.882 bits per heavy atom. The zero-order valence-corrected chi connectivity index (χ0v) is 9.46. The van der Waals surface area contributed by atoms with Crippen LogP contribution >= 0.6 is 0 Å². The smallest absolute Gasteiger partial charge is 0.162 e. The lowest BCUT2D eigenvalue weighted by Gasteiger charge is -2.02. The quantitative estimate of drug-likeness (QED) is 0.634. The van der Waals surface area contributed by atoms with Gasteiger partial charge in [-0.15, -0.1) is 0 Å². The average molecular weight is 221 g/mol. The SMILES string of the molecule is Cc1ncnc(-c2ccc3ccccc3c2)n1. The fourth-order valence-electron chi connectivity index (χ4n) is 1.85. The number of benzene rings is 2. The first-order valence-corrected chi connectivity index (χ1v) is 5.48. The lowest BCUT2D eigenvalue weighted by Crippen LogP contribution is -1.93. The predicted octanol–water partition coefficient (Wildman–Crippen LogP) is 3.00. The van der Waals surface area contributed by atoms with Crippen molar-refractivity contribution in [3.05, 3.63) is 54.6 Å². The summed E-state index contributed by atoms with van der Waals surface area (Å²) in [5, 5.41) is 2.42. The molecule has 3 rings (SSSR count). The highest BCUT2D eigenvalue weighted by Gasteiger charge is 2.02. The van der Waals surface area contributed by atoms with Crippen molar-refractivity contribution >= 4 is 10.8 Å². The molecule has 0 aliphatic carbocycles. The monoisotopic (exact) mass is 221 g/mol. The van der Waals surface area contributed by atoms with Gasteiger partial charge in [0.2, 0.25) is 0 Å². The van der Waals surface area contributed by atoms with Crippen LogP contribution in [-0.4, -0.2) is 15.0 Å². The first kappa shape index (κ1) is 9.90. The fraction of sp³-hybridized carbons (Fsp3) is 0.0714. The minimum Gasteiger partial charge on any atom is -0.222 e. The van der Waals surface area contributed by atoms with Crippen LogP contribution in [-0.2, 0) is 0 Å². The Balaban J connectivity index is 2.18. The molecule has 0 fully saturated rings. The van der Waals surface area contributed by atoms with E-state index in [1.54, 1.807) is 6.33 Å². The second-order valence-corrected chi connectivity index (χ2v) is 3.92. The van der Waals surface area contributed by atoms with Gasteiger partial charge in [0.15, 0.2) is 5.82 Å².